The van der Waals surface area contributed by atoms with E-state index in [4.69, 9.17) is 5.11 Å². The molecule has 0 heterocycles. The van der Waals surface area contributed by atoms with E-state index in [1.54, 1.807) is 11.9 Å². The third-order valence-electron chi connectivity index (χ3n) is 3.62. The van der Waals surface area contributed by atoms with Gasteiger partial charge in [0.15, 0.2) is 0 Å². The van der Waals surface area contributed by atoms with E-state index in [9.17, 15) is 9.59 Å². The van der Waals surface area contributed by atoms with Crippen LogP contribution >= 0.6 is 0 Å². The number of carboxylic acid groups (broad SMARTS) is 1. The molecule has 6 nitrogen and oxygen atoms in total. The first kappa shape index (κ1) is 19.7. The van der Waals surface area contributed by atoms with Crippen molar-refractivity contribution in [2.24, 2.45) is 5.92 Å². The van der Waals surface area contributed by atoms with Gasteiger partial charge in [-0.05, 0) is 45.8 Å². The minimum Gasteiger partial charge on any atom is -0.481 e. The summed E-state index contributed by atoms with van der Waals surface area (Å²) in [5.74, 6) is -0.390. The maximum Gasteiger partial charge on any atom is 0.317 e. The molecule has 124 valence electrons. The van der Waals surface area contributed by atoms with Crippen LogP contribution in [0.15, 0.2) is 0 Å². The molecule has 0 aliphatic rings. The lowest BCUT2D eigenvalue weighted by molar-refractivity contribution is -0.137. The van der Waals surface area contributed by atoms with Gasteiger partial charge in [0.25, 0.3) is 0 Å². The largest absolute Gasteiger partial charge is 0.481 e. The summed E-state index contributed by atoms with van der Waals surface area (Å²) in [7, 11) is 5.83. The van der Waals surface area contributed by atoms with Crippen LogP contribution in [0.3, 0.4) is 0 Å². The lowest BCUT2D eigenvalue weighted by atomic mass is 9.97. The fraction of sp³-hybridized carbons (Fsp3) is 0.867. The van der Waals surface area contributed by atoms with Crippen molar-refractivity contribution in [2.75, 3.05) is 40.8 Å². The van der Waals surface area contributed by atoms with Crippen molar-refractivity contribution >= 4 is 12.0 Å². The minimum absolute atomic E-state index is 0.0538. The highest BCUT2D eigenvalue weighted by molar-refractivity contribution is 5.73. The van der Waals surface area contributed by atoms with E-state index < -0.39 is 5.97 Å². The predicted molar refractivity (Wildman–Crippen MR) is 84.5 cm³/mol. The Morgan fingerprint density at radius 3 is 2.33 bits per heavy atom. The van der Waals surface area contributed by atoms with Crippen LogP contribution in [0.1, 0.15) is 39.0 Å². The second-order valence-corrected chi connectivity index (χ2v) is 5.81. The Morgan fingerprint density at radius 2 is 1.81 bits per heavy atom. The van der Waals surface area contributed by atoms with Crippen molar-refractivity contribution in [1.29, 1.82) is 0 Å². The smallest absolute Gasteiger partial charge is 0.317 e. The average molecular weight is 301 g/mol. The van der Waals surface area contributed by atoms with Gasteiger partial charge in [0.1, 0.15) is 0 Å². The molecule has 0 aromatic rings. The lowest BCUT2D eigenvalue weighted by Crippen LogP contribution is -2.39. The summed E-state index contributed by atoms with van der Waals surface area (Å²) >= 11 is 0. The van der Waals surface area contributed by atoms with Gasteiger partial charge in [0.2, 0.25) is 0 Å². The zero-order valence-corrected chi connectivity index (χ0v) is 13.9. The SMILES string of the molecule is CCC(CCNC(=O)N(C)CCCN(C)C)CCC(=O)O. The summed E-state index contributed by atoms with van der Waals surface area (Å²) in [4.78, 5) is 26.2. The molecule has 0 fully saturated rings. The fourth-order valence-corrected chi connectivity index (χ4v) is 2.12. The van der Waals surface area contributed by atoms with Crippen molar-refractivity contribution < 1.29 is 14.7 Å². The zero-order valence-electron chi connectivity index (χ0n) is 13.9. The van der Waals surface area contributed by atoms with E-state index >= 15 is 0 Å². The number of nitrogens with zero attached hydrogens (tertiary/aromatic N) is 2. The van der Waals surface area contributed by atoms with E-state index in [0.717, 1.165) is 32.4 Å². The lowest BCUT2D eigenvalue weighted by Gasteiger charge is -2.20. The highest BCUT2D eigenvalue weighted by Crippen LogP contribution is 2.14. The first-order valence-corrected chi connectivity index (χ1v) is 7.72. The number of hydrogen-bond donors (Lipinski definition) is 2. The monoisotopic (exact) mass is 301 g/mol. The van der Waals surface area contributed by atoms with Crippen LogP contribution in [0.2, 0.25) is 0 Å². The van der Waals surface area contributed by atoms with E-state index in [1.807, 2.05) is 14.1 Å². The number of amides is 2. The van der Waals surface area contributed by atoms with Crippen LogP contribution in [0, 0.1) is 5.92 Å². The van der Waals surface area contributed by atoms with E-state index in [0.29, 0.717) is 18.9 Å². The van der Waals surface area contributed by atoms with Crippen molar-refractivity contribution in [3.8, 4) is 0 Å². The molecule has 6 heteroatoms. The molecule has 0 rings (SSSR count). The molecule has 0 radical (unpaired) electrons. The Morgan fingerprint density at radius 1 is 1.14 bits per heavy atom. The number of hydrogen-bond acceptors (Lipinski definition) is 3. The Hall–Kier alpha value is -1.30. The van der Waals surface area contributed by atoms with Gasteiger partial charge in [0, 0.05) is 26.6 Å². The van der Waals surface area contributed by atoms with Crippen LogP contribution in [-0.4, -0.2) is 67.7 Å². The summed E-state index contributed by atoms with van der Waals surface area (Å²) in [5, 5.41) is 11.6. The summed E-state index contributed by atoms with van der Waals surface area (Å²) in [5.41, 5.74) is 0. The first-order valence-electron chi connectivity index (χ1n) is 7.72. The molecule has 1 unspecified atom stereocenters. The van der Waals surface area contributed by atoms with Crippen LogP contribution in [0.5, 0.6) is 0 Å². The highest BCUT2D eigenvalue weighted by Gasteiger charge is 2.11. The molecule has 0 aliphatic carbocycles. The maximum absolute atomic E-state index is 11.9. The van der Waals surface area contributed by atoms with Gasteiger partial charge in [-0.2, -0.15) is 0 Å². The molecule has 0 saturated carbocycles. The van der Waals surface area contributed by atoms with Crippen LogP contribution < -0.4 is 5.32 Å². The van der Waals surface area contributed by atoms with Crippen molar-refractivity contribution in [3.05, 3.63) is 0 Å². The minimum atomic E-state index is -0.752. The van der Waals surface area contributed by atoms with Gasteiger partial charge in [-0.3, -0.25) is 4.79 Å². The molecule has 0 aromatic carbocycles. The Kier molecular flexibility index (Phi) is 10.7. The predicted octanol–water partition coefficient (Wildman–Crippen LogP) is 1.86. The first-order chi connectivity index (χ1) is 9.86. The van der Waals surface area contributed by atoms with Crippen molar-refractivity contribution in [1.82, 2.24) is 15.1 Å². The number of carbonyl (C=O) groups excluding carboxylic acids is 1. The van der Waals surface area contributed by atoms with Crippen molar-refractivity contribution in [2.45, 2.75) is 39.0 Å². The second-order valence-electron chi connectivity index (χ2n) is 5.81. The van der Waals surface area contributed by atoms with E-state index in [-0.39, 0.29) is 12.5 Å². The molecular weight excluding hydrogens is 270 g/mol. The zero-order chi connectivity index (χ0) is 16.3. The molecule has 0 aromatic heterocycles. The summed E-state index contributed by atoms with van der Waals surface area (Å²) in [6.07, 6.45) is 3.62. The van der Waals surface area contributed by atoms with E-state index in [2.05, 4.69) is 17.1 Å². The Balaban J connectivity index is 3.82. The van der Waals surface area contributed by atoms with E-state index in [1.165, 1.54) is 0 Å². The number of rotatable bonds is 11. The number of carboxylic acids is 1. The topological polar surface area (TPSA) is 72.9 Å². The fourth-order valence-electron chi connectivity index (χ4n) is 2.12. The maximum atomic E-state index is 11.9. The molecule has 0 spiro atoms. The summed E-state index contributed by atoms with van der Waals surface area (Å²) in [6.45, 7) is 4.36. The van der Waals surface area contributed by atoms with Gasteiger partial charge < -0.3 is 20.2 Å². The van der Waals surface area contributed by atoms with Crippen LogP contribution in [0.4, 0.5) is 4.79 Å². The number of urea groups is 1. The molecule has 0 aliphatic heterocycles. The standard InChI is InChI=1S/C15H31N3O3/c1-5-13(7-8-14(19)20)9-10-16-15(21)18(4)12-6-11-17(2)3/h13H,5-12H2,1-4H3,(H,16,21)(H,19,20). The van der Waals surface area contributed by atoms with Gasteiger partial charge >= 0.3 is 12.0 Å². The normalized spacial score (nSPS) is 12.2. The number of nitrogens with one attached hydrogen (secondary N) is 1. The molecule has 0 bridgehead atoms. The summed E-state index contributed by atoms with van der Waals surface area (Å²) < 4.78 is 0. The Labute approximate surface area is 128 Å². The molecule has 0 saturated heterocycles. The molecule has 21 heavy (non-hydrogen) atoms. The van der Waals surface area contributed by atoms with Crippen LogP contribution in [-0.2, 0) is 4.79 Å². The highest BCUT2D eigenvalue weighted by atomic mass is 16.4. The molecule has 2 amide bonds. The van der Waals surface area contributed by atoms with Crippen molar-refractivity contribution in [3.63, 3.8) is 0 Å². The third kappa shape index (κ3) is 11.1. The van der Waals surface area contributed by atoms with Gasteiger partial charge in [-0.15, -0.1) is 0 Å². The summed E-state index contributed by atoms with van der Waals surface area (Å²) in [6, 6.07) is -0.0538. The Bertz CT molecular complexity index is 309. The number of carbonyl (C=O) groups is 2. The number of aliphatic carboxylic acids is 1. The van der Waals surface area contributed by atoms with Gasteiger partial charge in [-0.1, -0.05) is 13.3 Å². The average Bonchev–Trinajstić information content (AvgIpc) is 2.41. The molecule has 2 N–H and O–H groups in total. The van der Waals surface area contributed by atoms with Crippen LogP contribution in [0.25, 0.3) is 0 Å². The van der Waals surface area contributed by atoms with Gasteiger partial charge in [-0.25, -0.2) is 4.79 Å². The molecular formula is C15H31N3O3. The second kappa shape index (κ2) is 11.4. The third-order valence-corrected chi connectivity index (χ3v) is 3.62. The quantitative estimate of drug-likeness (QED) is 0.611. The molecule has 1 atom stereocenters. The van der Waals surface area contributed by atoms with Gasteiger partial charge in [0.05, 0.1) is 0 Å².